The first kappa shape index (κ1) is 87.1. The molecular formula is C70H136O17P2. The van der Waals surface area contributed by atoms with Crippen molar-refractivity contribution in [2.24, 2.45) is 23.7 Å². The lowest BCUT2D eigenvalue weighted by Crippen LogP contribution is -2.30. The summed E-state index contributed by atoms with van der Waals surface area (Å²) in [7, 11) is -9.90. The van der Waals surface area contributed by atoms with Gasteiger partial charge in [0.15, 0.2) is 12.2 Å². The second-order valence-corrected chi connectivity index (χ2v) is 29.6. The van der Waals surface area contributed by atoms with E-state index in [2.05, 4.69) is 55.4 Å². The summed E-state index contributed by atoms with van der Waals surface area (Å²) in [5.74, 6) is 0.869. The quantitative estimate of drug-likeness (QED) is 0.0222. The lowest BCUT2D eigenvalue weighted by Gasteiger charge is -2.21. The minimum atomic E-state index is -4.95. The van der Waals surface area contributed by atoms with Crippen molar-refractivity contribution >= 4 is 39.5 Å². The normalized spacial score (nSPS) is 14.9. The summed E-state index contributed by atoms with van der Waals surface area (Å²) in [5.41, 5.74) is 0. The molecule has 0 saturated heterocycles. The minimum Gasteiger partial charge on any atom is -0.462 e. The Morgan fingerprint density at radius 3 is 0.798 bits per heavy atom. The number of hydrogen-bond donors (Lipinski definition) is 3. The van der Waals surface area contributed by atoms with E-state index >= 15 is 0 Å². The van der Waals surface area contributed by atoms with Crippen LogP contribution in [0.15, 0.2) is 0 Å². The van der Waals surface area contributed by atoms with Gasteiger partial charge in [-0.05, 0) is 49.4 Å². The van der Waals surface area contributed by atoms with Crippen molar-refractivity contribution < 1.29 is 80.2 Å². The van der Waals surface area contributed by atoms with E-state index in [1.165, 1.54) is 135 Å². The molecule has 0 amide bonds. The zero-order valence-electron chi connectivity index (χ0n) is 58.1. The van der Waals surface area contributed by atoms with Crippen LogP contribution < -0.4 is 0 Å². The SMILES string of the molecule is CCC(C)CCCCCCCCC(=O)OC[C@H](COP(=O)(O)OC[C@H](O)COP(=O)(O)OC[C@@H](COC(=O)CCCCCCCCC(C)CC)OC(=O)CCCCCCCCCCCCC(C)C)OC(=O)CCCCCCCCCCCCCCCC(C)C. The number of phosphoric acid groups is 2. The number of ether oxygens (including phenoxy) is 4. The van der Waals surface area contributed by atoms with Crippen molar-refractivity contribution in [3.05, 3.63) is 0 Å². The van der Waals surface area contributed by atoms with Gasteiger partial charge in [0.05, 0.1) is 26.4 Å². The Morgan fingerprint density at radius 1 is 0.315 bits per heavy atom. The first-order valence-electron chi connectivity index (χ1n) is 36.3. The summed E-state index contributed by atoms with van der Waals surface area (Å²) in [4.78, 5) is 72.5. The van der Waals surface area contributed by atoms with Crippen molar-refractivity contribution in [3.8, 4) is 0 Å². The second-order valence-electron chi connectivity index (χ2n) is 26.7. The third-order valence-electron chi connectivity index (χ3n) is 16.8. The summed E-state index contributed by atoms with van der Waals surface area (Å²) >= 11 is 0. The van der Waals surface area contributed by atoms with Crippen LogP contribution >= 0.6 is 15.6 Å². The van der Waals surface area contributed by atoms with Gasteiger partial charge in [0.2, 0.25) is 0 Å². The maximum atomic E-state index is 13.0. The van der Waals surface area contributed by atoms with Crippen LogP contribution in [-0.2, 0) is 65.4 Å². The Balaban J connectivity index is 5.25. The number of carbonyl (C=O) groups is 4. The van der Waals surface area contributed by atoms with Crippen molar-refractivity contribution in [1.29, 1.82) is 0 Å². The number of hydrogen-bond acceptors (Lipinski definition) is 15. The molecule has 0 heterocycles. The van der Waals surface area contributed by atoms with E-state index in [9.17, 15) is 43.2 Å². The molecule has 0 aliphatic rings. The fraction of sp³-hybridized carbons (Fsp3) is 0.943. The number of rotatable bonds is 67. The number of carbonyl (C=O) groups excluding carboxylic acids is 4. The zero-order valence-corrected chi connectivity index (χ0v) is 59.8. The van der Waals surface area contributed by atoms with Crippen LogP contribution in [0.25, 0.3) is 0 Å². The largest absolute Gasteiger partial charge is 0.472 e. The molecule has 0 spiro atoms. The highest BCUT2D eigenvalue weighted by molar-refractivity contribution is 7.47. The van der Waals surface area contributed by atoms with E-state index < -0.39 is 97.5 Å². The van der Waals surface area contributed by atoms with Gasteiger partial charge in [0.1, 0.15) is 19.3 Å². The molecule has 7 atom stereocenters. The lowest BCUT2D eigenvalue weighted by molar-refractivity contribution is -0.161. The van der Waals surface area contributed by atoms with Gasteiger partial charge in [-0.25, -0.2) is 9.13 Å². The highest BCUT2D eigenvalue weighted by atomic mass is 31.2. The Hall–Kier alpha value is -1.94. The summed E-state index contributed by atoms with van der Waals surface area (Å²) in [6.07, 6.45) is 41.7. The summed E-state index contributed by atoms with van der Waals surface area (Å²) in [5, 5.41) is 10.6. The Bertz CT molecular complexity index is 1770. The van der Waals surface area contributed by atoms with Gasteiger partial charge in [-0.2, -0.15) is 0 Å². The number of aliphatic hydroxyl groups is 1. The standard InChI is InChI=1S/C70H136O17P2/c1-9-62(7)48-40-32-26-28-34-42-50-67(72)80-56-65(86-69(74)52-44-36-24-20-15-13-11-12-14-18-22-30-38-46-60(3)4)58-84-88(76,77)82-54-64(71)55-83-89(78,79)85-59-66(57-81-68(73)51-43-35-29-27-33-41-49-63(8)10-2)87-70(75)53-45-37-25-21-17-16-19-23-31-39-47-61(5)6/h60-66,71H,9-59H2,1-8H3,(H,76,77)(H,78,79)/t62?,63?,64-,65+,66+/m0/s1. The molecule has 19 heteroatoms. The van der Waals surface area contributed by atoms with Crippen molar-refractivity contribution in [1.82, 2.24) is 0 Å². The van der Waals surface area contributed by atoms with Crippen molar-refractivity contribution in [2.45, 2.75) is 363 Å². The molecule has 0 aromatic heterocycles. The molecule has 3 N–H and O–H groups in total. The van der Waals surface area contributed by atoms with Gasteiger partial charge < -0.3 is 33.8 Å². The van der Waals surface area contributed by atoms with Gasteiger partial charge in [-0.3, -0.25) is 37.3 Å². The van der Waals surface area contributed by atoms with Gasteiger partial charge in [0, 0.05) is 25.7 Å². The van der Waals surface area contributed by atoms with Crippen molar-refractivity contribution in [2.75, 3.05) is 39.6 Å². The molecule has 0 aromatic carbocycles. The van der Waals surface area contributed by atoms with Crippen LogP contribution in [-0.4, -0.2) is 96.7 Å². The van der Waals surface area contributed by atoms with Crippen LogP contribution in [0.2, 0.25) is 0 Å². The Morgan fingerprint density at radius 2 is 0.539 bits per heavy atom. The molecule has 17 nitrogen and oxygen atoms in total. The molecule has 528 valence electrons. The van der Waals surface area contributed by atoms with Crippen LogP contribution in [0.1, 0.15) is 344 Å². The summed E-state index contributed by atoms with van der Waals surface area (Å²) in [6.45, 7) is 14.1. The Kier molecular flexibility index (Phi) is 58.5. The summed E-state index contributed by atoms with van der Waals surface area (Å²) < 4.78 is 68.3. The highest BCUT2D eigenvalue weighted by Crippen LogP contribution is 2.45. The molecule has 0 saturated carbocycles. The number of esters is 4. The third-order valence-corrected chi connectivity index (χ3v) is 18.7. The fourth-order valence-electron chi connectivity index (χ4n) is 10.4. The third kappa shape index (κ3) is 62.0. The molecule has 0 aromatic rings. The molecule has 0 fully saturated rings. The molecule has 0 radical (unpaired) electrons. The van der Waals surface area contributed by atoms with Crippen LogP contribution in [0, 0.1) is 23.7 Å². The second kappa shape index (κ2) is 59.8. The zero-order chi connectivity index (χ0) is 66.1. The average molecular weight is 1310 g/mol. The van der Waals surface area contributed by atoms with Crippen LogP contribution in [0.4, 0.5) is 0 Å². The van der Waals surface area contributed by atoms with E-state index in [1.54, 1.807) is 0 Å². The molecule has 0 aliphatic heterocycles. The lowest BCUT2D eigenvalue weighted by atomic mass is 10.00. The predicted octanol–water partition coefficient (Wildman–Crippen LogP) is 19.7. The first-order chi connectivity index (χ1) is 42.7. The molecule has 0 aliphatic carbocycles. The monoisotopic (exact) mass is 1310 g/mol. The molecule has 89 heavy (non-hydrogen) atoms. The molecular weight excluding hydrogens is 1170 g/mol. The molecule has 0 bridgehead atoms. The van der Waals surface area contributed by atoms with Crippen LogP contribution in [0.5, 0.6) is 0 Å². The molecule has 4 unspecified atom stereocenters. The fourth-order valence-corrected chi connectivity index (χ4v) is 12.0. The van der Waals surface area contributed by atoms with Gasteiger partial charge in [-0.1, -0.05) is 293 Å². The van der Waals surface area contributed by atoms with Gasteiger partial charge in [0.25, 0.3) is 0 Å². The smallest absolute Gasteiger partial charge is 0.462 e. The number of phosphoric ester groups is 2. The maximum absolute atomic E-state index is 13.0. The van der Waals surface area contributed by atoms with E-state index in [1.807, 2.05) is 0 Å². The predicted molar refractivity (Wildman–Crippen MR) is 358 cm³/mol. The van der Waals surface area contributed by atoms with Crippen LogP contribution in [0.3, 0.4) is 0 Å². The highest BCUT2D eigenvalue weighted by Gasteiger charge is 2.30. The van der Waals surface area contributed by atoms with E-state index in [0.717, 1.165) is 126 Å². The topological polar surface area (TPSA) is 237 Å². The van der Waals surface area contributed by atoms with Gasteiger partial charge in [-0.15, -0.1) is 0 Å². The first-order valence-corrected chi connectivity index (χ1v) is 39.3. The number of unbranched alkanes of at least 4 members (excludes halogenated alkanes) is 31. The average Bonchev–Trinajstić information content (AvgIpc) is 3.67. The van der Waals surface area contributed by atoms with E-state index in [4.69, 9.17) is 37.0 Å². The van der Waals surface area contributed by atoms with E-state index in [0.29, 0.717) is 25.7 Å². The van der Waals surface area contributed by atoms with E-state index in [-0.39, 0.29) is 25.7 Å². The minimum absolute atomic E-state index is 0.104. The Labute approximate surface area is 543 Å². The summed E-state index contributed by atoms with van der Waals surface area (Å²) in [6, 6.07) is 0. The molecule has 0 rings (SSSR count). The van der Waals surface area contributed by atoms with Gasteiger partial charge >= 0.3 is 39.5 Å². The van der Waals surface area contributed by atoms with Crippen molar-refractivity contribution in [3.63, 3.8) is 0 Å². The number of aliphatic hydroxyl groups excluding tert-OH is 1. The maximum Gasteiger partial charge on any atom is 0.472 e.